The Labute approximate surface area is 227 Å². The van der Waals surface area contributed by atoms with E-state index in [1.807, 2.05) is 24.1 Å². The molecule has 1 N–H and O–H groups in total. The van der Waals surface area contributed by atoms with Crippen molar-refractivity contribution in [1.29, 1.82) is 0 Å². The molecule has 0 saturated carbocycles. The quantitative estimate of drug-likeness (QED) is 0.270. The molecule has 210 valence electrons. The first kappa shape index (κ1) is 29.2. The van der Waals surface area contributed by atoms with Gasteiger partial charge in [0.1, 0.15) is 6.10 Å². The maximum Gasteiger partial charge on any atom is 0.475 e. The Hall–Kier alpha value is -1.79. The summed E-state index contributed by atoms with van der Waals surface area (Å²) in [4.78, 5) is 38.1. The van der Waals surface area contributed by atoms with E-state index in [9.17, 15) is 18.9 Å². The van der Waals surface area contributed by atoms with Gasteiger partial charge in [0.2, 0.25) is 0 Å². The van der Waals surface area contributed by atoms with Gasteiger partial charge in [-0.1, -0.05) is 30.7 Å². The molecule has 0 bridgehead atoms. The molecule has 3 heterocycles. The van der Waals surface area contributed by atoms with E-state index in [0.717, 1.165) is 23.8 Å². The Morgan fingerprint density at radius 1 is 1.37 bits per heavy atom. The second-order valence-corrected chi connectivity index (χ2v) is 12.1. The molecule has 1 aromatic rings. The minimum Gasteiger partial charge on any atom is -0.456 e. The monoisotopic (exact) mass is 596 g/mol. The summed E-state index contributed by atoms with van der Waals surface area (Å²) in [6.45, 7) is 2.49. The Morgan fingerprint density at radius 2 is 2.13 bits per heavy atom. The standard InChI is InChI=1S/C23H28Cl2FN2O9P/c1-22(8-3-4-14(25)12-22)16-7-11-33-38(32,37-16)34-13-15-19(36-18(30)5-9-24)23(2,26)20(35-15)28-10-6-17(29)27-21(28)31/h3-4,6,10,12,15-16,19-20H,5,7-9,11,13H2,1-2H3,(H,27,29,31)/t15-,16+,19-,20-,22?,23-,38-/m1/s1. The highest BCUT2D eigenvalue weighted by molar-refractivity contribution is 7.48. The summed E-state index contributed by atoms with van der Waals surface area (Å²) in [7, 11) is -4.15. The molecule has 11 nitrogen and oxygen atoms in total. The molecule has 0 spiro atoms. The number of allylic oxidation sites excluding steroid dienone is 3. The van der Waals surface area contributed by atoms with Gasteiger partial charge in [0.05, 0.1) is 25.7 Å². The highest BCUT2D eigenvalue weighted by Crippen LogP contribution is 2.58. The van der Waals surface area contributed by atoms with Crippen LogP contribution in [0.25, 0.3) is 0 Å². The average molecular weight is 597 g/mol. The Morgan fingerprint density at radius 3 is 2.82 bits per heavy atom. The van der Waals surface area contributed by atoms with Crippen LogP contribution < -0.4 is 11.2 Å². The molecular formula is C23H28Cl2FN2O9P. The Balaban J connectivity index is 1.54. The lowest BCUT2D eigenvalue weighted by molar-refractivity contribution is -0.157. The first-order valence-electron chi connectivity index (χ1n) is 11.9. The van der Waals surface area contributed by atoms with Gasteiger partial charge >= 0.3 is 19.5 Å². The molecule has 15 heteroatoms. The van der Waals surface area contributed by atoms with Crippen LogP contribution in [0, 0.1) is 5.41 Å². The van der Waals surface area contributed by atoms with Crippen molar-refractivity contribution in [2.75, 3.05) is 19.1 Å². The largest absolute Gasteiger partial charge is 0.475 e. The van der Waals surface area contributed by atoms with Crippen molar-refractivity contribution < 1.29 is 36.8 Å². The number of alkyl halides is 2. The van der Waals surface area contributed by atoms with E-state index < -0.39 is 67.3 Å². The lowest BCUT2D eigenvalue weighted by Crippen LogP contribution is -2.46. The van der Waals surface area contributed by atoms with Crippen LogP contribution in [-0.2, 0) is 32.4 Å². The summed E-state index contributed by atoms with van der Waals surface area (Å²) in [5.74, 6) is -0.875. The van der Waals surface area contributed by atoms with Gasteiger partial charge in [-0.25, -0.2) is 13.8 Å². The first-order valence-corrected chi connectivity index (χ1v) is 14.3. The number of carbonyl (C=O) groups excluding carboxylic acids is 1. The molecule has 0 aromatic carbocycles. The fourth-order valence-electron chi connectivity index (χ4n) is 4.68. The molecule has 3 aliphatic rings. The number of H-pyrrole nitrogens is 1. The van der Waals surface area contributed by atoms with Crippen LogP contribution in [0.1, 0.15) is 39.3 Å². The molecular weight excluding hydrogens is 569 g/mol. The minimum atomic E-state index is -4.15. The maximum absolute atomic E-state index is 16.1. The van der Waals surface area contributed by atoms with Crippen molar-refractivity contribution in [3.63, 3.8) is 0 Å². The van der Waals surface area contributed by atoms with E-state index in [-0.39, 0.29) is 18.9 Å². The minimum absolute atomic E-state index is 0.0654. The van der Waals surface area contributed by atoms with Crippen LogP contribution >= 0.6 is 31.0 Å². The Bertz CT molecular complexity index is 1280. The summed E-state index contributed by atoms with van der Waals surface area (Å²) >= 11 is 11.8. The predicted octanol–water partition coefficient (Wildman–Crippen LogP) is 3.72. The number of esters is 1. The molecule has 38 heavy (non-hydrogen) atoms. The number of phosphoric acid groups is 1. The van der Waals surface area contributed by atoms with E-state index in [1.165, 1.54) is 0 Å². The zero-order valence-corrected chi connectivity index (χ0v) is 23.0. The van der Waals surface area contributed by atoms with Crippen molar-refractivity contribution in [2.45, 2.75) is 63.3 Å². The first-order chi connectivity index (χ1) is 17.9. The highest BCUT2D eigenvalue weighted by Gasteiger charge is 2.59. The van der Waals surface area contributed by atoms with Crippen LogP contribution in [-0.4, -0.2) is 58.6 Å². The molecule has 1 unspecified atom stereocenters. The molecule has 0 radical (unpaired) electrons. The number of aromatic amines is 1. The van der Waals surface area contributed by atoms with E-state index in [4.69, 9.17) is 46.2 Å². The molecule has 0 amide bonds. The van der Waals surface area contributed by atoms with Gasteiger partial charge in [-0.2, -0.15) is 0 Å². The SMILES string of the molecule is CC1([C@@H]2CCO[P@](=O)(OC[C@H]3O[C@@H](n4ccc(=O)[nH]c4=O)[C@](C)(F)[C@@H]3OC(=O)CCCl)O2)C=C(Cl)C=CC1. The third-order valence-electron chi connectivity index (χ3n) is 6.66. The molecule has 2 saturated heterocycles. The fourth-order valence-corrected chi connectivity index (χ4v) is 6.69. The summed E-state index contributed by atoms with van der Waals surface area (Å²) in [6.07, 6.45) is 2.26. The number of carbonyl (C=O) groups is 1. The van der Waals surface area contributed by atoms with Crippen molar-refractivity contribution in [1.82, 2.24) is 9.55 Å². The van der Waals surface area contributed by atoms with E-state index >= 15 is 4.39 Å². The zero-order chi connectivity index (χ0) is 27.7. The third kappa shape index (κ3) is 6.17. The van der Waals surface area contributed by atoms with Crippen LogP contribution in [0.3, 0.4) is 0 Å². The van der Waals surface area contributed by atoms with Gasteiger partial charge < -0.3 is 9.47 Å². The highest BCUT2D eigenvalue weighted by atomic mass is 35.5. The van der Waals surface area contributed by atoms with E-state index in [0.29, 0.717) is 17.9 Å². The lowest BCUT2D eigenvalue weighted by Gasteiger charge is -2.40. The number of halogens is 3. The lowest BCUT2D eigenvalue weighted by atomic mass is 9.77. The number of phosphoric ester groups is 1. The normalized spacial score (nSPS) is 37.1. The molecule has 2 fully saturated rings. The predicted molar refractivity (Wildman–Crippen MR) is 135 cm³/mol. The van der Waals surface area contributed by atoms with Gasteiger partial charge in [0, 0.05) is 28.6 Å². The van der Waals surface area contributed by atoms with Crippen molar-refractivity contribution in [3.8, 4) is 0 Å². The smallest absolute Gasteiger partial charge is 0.456 e. The van der Waals surface area contributed by atoms with Gasteiger partial charge in [-0.15, -0.1) is 11.6 Å². The number of hydrogen-bond acceptors (Lipinski definition) is 9. The summed E-state index contributed by atoms with van der Waals surface area (Å²) in [5, 5.41) is 0.524. The second kappa shape index (κ2) is 11.4. The third-order valence-corrected chi connectivity index (χ3v) is 8.56. The Kier molecular flexibility index (Phi) is 8.73. The molecule has 1 aliphatic carbocycles. The number of rotatable bonds is 8. The van der Waals surface area contributed by atoms with Gasteiger partial charge in [-0.05, 0) is 25.8 Å². The summed E-state index contributed by atoms with van der Waals surface area (Å²) < 4.78 is 58.0. The van der Waals surface area contributed by atoms with Crippen LogP contribution in [0.15, 0.2) is 45.1 Å². The fraction of sp³-hybridized carbons (Fsp3) is 0.609. The van der Waals surface area contributed by atoms with E-state index in [2.05, 4.69) is 0 Å². The zero-order valence-electron chi connectivity index (χ0n) is 20.6. The van der Waals surface area contributed by atoms with Crippen LogP contribution in [0.5, 0.6) is 0 Å². The van der Waals surface area contributed by atoms with E-state index in [1.54, 1.807) is 6.08 Å². The van der Waals surface area contributed by atoms with Crippen molar-refractivity contribution in [3.05, 3.63) is 56.4 Å². The molecule has 4 rings (SSSR count). The number of nitrogens with one attached hydrogen (secondary N) is 1. The second-order valence-electron chi connectivity index (χ2n) is 9.65. The topological polar surface area (TPSA) is 135 Å². The number of ether oxygens (including phenoxy) is 2. The summed E-state index contributed by atoms with van der Waals surface area (Å²) in [6, 6.07) is 1.02. The maximum atomic E-state index is 16.1. The number of aromatic nitrogens is 2. The molecule has 7 atom stereocenters. The average Bonchev–Trinajstić information content (AvgIpc) is 3.07. The number of hydrogen-bond donors (Lipinski definition) is 1. The molecule has 2 aliphatic heterocycles. The van der Waals surface area contributed by atoms with Gasteiger partial charge in [-0.3, -0.25) is 32.7 Å². The van der Waals surface area contributed by atoms with Crippen LogP contribution in [0.2, 0.25) is 0 Å². The van der Waals surface area contributed by atoms with Gasteiger partial charge in [0.25, 0.3) is 5.56 Å². The van der Waals surface area contributed by atoms with Crippen molar-refractivity contribution >= 4 is 37.0 Å². The summed E-state index contributed by atoms with van der Waals surface area (Å²) in [5.41, 5.74) is -4.65. The van der Waals surface area contributed by atoms with Gasteiger partial charge in [0.15, 0.2) is 18.0 Å². The van der Waals surface area contributed by atoms with Crippen LogP contribution in [0.4, 0.5) is 4.39 Å². The van der Waals surface area contributed by atoms with Crippen molar-refractivity contribution in [2.24, 2.45) is 5.41 Å². The number of nitrogens with zero attached hydrogens (tertiary/aromatic N) is 1. The molecule has 1 aromatic heterocycles.